The van der Waals surface area contributed by atoms with Gasteiger partial charge in [0.15, 0.2) is 0 Å². The maximum Gasteiger partial charge on any atom is 0.227 e. The third kappa shape index (κ3) is 3.42. The molecule has 1 aliphatic heterocycles. The van der Waals surface area contributed by atoms with Crippen LogP contribution < -0.4 is 5.32 Å². The molecule has 0 aliphatic carbocycles. The van der Waals surface area contributed by atoms with Crippen LogP contribution in [0.1, 0.15) is 19.4 Å². The van der Waals surface area contributed by atoms with Crippen LogP contribution in [0.4, 0.5) is 0 Å². The van der Waals surface area contributed by atoms with Crippen molar-refractivity contribution in [2.45, 2.75) is 32.4 Å². The molecule has 1 N–H and O–H groups in total. The zero-order chi connectivity index (χ0) is 14.8. The van der Waals surface area contributed by atoms with Crippen LogP contribution in [0.15, 0.2) is 42.5 Å². The summed E-state index contributed by atoms with van der Waals surface area (Å²) in [5.41, 5.74) is 1.09. The third-order valence-corrected chi connectivity index (χ3v) is 4.52. The van der Waals surface area contributed by atoms with Gasteiger partial charge in [-0.25, -0.2) is 0 Å². The lowest BCUT2D eigenvalue weighted by molar-refractivity contribution is -0.134. The lowest BCUT2D eigenvalue weighted by Gasteiger charge is -2.38. The van der Waals surface area contributed by atoms with Crippen LogP contribution >= 0.6 is 12.4 Å². The summed E-state index contributed by atoms with van der Waals surface area (Å²) in [6.45, 7) is 5.95. The van der Waals surface area contributed by atoms with E-state index in [0.717, 1.165) is 18.7 Å². The molecule has 2 aromatic carbocycles. The van der Waals surface area contributed by atoms with Gasteiger partial charge in [0.2, 0.25) is 5.91 Å². The Bertz CT molecular complexity index is 658. The van der Waals surface area contributed by atoms with Crippen LogP contribution in [0, 0.1) is 0 Å². The van der Waals surface area contributed by atoms with Crippen LogP contribution in [-0.4, -0.2) is 36.0 Å². The summed E-state index contributed by atoms with van der Waals surface area (Å²) >= 11 is 0. The molecule has 22 heavy (non-hydrogen) atoms. The molecule has 1 amide bonds. The van der Waals surface area contributed by atoms with Gasteiger partial charge in [-0.15, -0.1) is 12.4 Å². The number of rotatable bonds is 2. The predicted octanol–water partition coefficient (Wildman–Crippen LogP) is 3.01. The molecule has 1 heterocycles. The molecular weight excluding hydrogens is 296 g/mol. The molecule has 0 spiro atoms. The van der Waals surface area contributed by atoms with Gasteiger partial charge in [-0.1, -0.05) is 42.5 Å². The second kappa shape index (κ2) is 7.12. The van der Waals surface area contributed by atoms with Gasteiger partial charge in [0.1, 0.15) is 0 Å². The summed E-state index contributed by atoms with van der Waals surface area (Å²) < 4.78 is 0. The van der Waals surface area contributed by atoms with Crippen molar-refractivity contribution in [3.05, 3.63) is 48.0 Å². The van der Waals surface area contributed by atoms with E-state index in [2.05, 4.69) is 49.5 Å². The molecule has 3 nitrogen and oxygen atoms in total. The summed E-state index contributed by atoms with van der Waals surface area (Å²) in [7, 11) is 0. The van der Waals surface area contributed by atoms with Gasteiger partial charge in [-0.3, -0.25) is 4.79 Å². The minimum Gasteiger partial charge on any atom is -0.337 e. The highest BCUT2D eigenvalue weighted by atomic mass is 35.5. The Hall–Kier alpha value is -1.58. The predicted molar refractivity (Wildman–Crippen MR) is 93.5 cm³/mol. The Morgan fingerprint density at radius 1 is 1.18 bits per heavy atom. The van der Waals surface area contributed by atoms with Gasteiger partial charge < -0.3 is 10.2 Å². The van der Waals surface area contributed by atoms with E-state index >= 15 is 0 Å². The van der Waals surface area contributed by atoms with Crippen LogP contribution in [0.5, 0.6) is 0 Å². The smallest absolute Gasteiger partial charge is 0.227 e. The van der Waals surface area contributed by atoms with E-state index < -0.39 is 0 Å². The van der Waals surface area contributed by atoms with E-state index in [1.807, 2.05) is 17.0 Å². The van der Waals surface area contributed by atoms with Crippen molar-refractivity contribution in [3.8, 4) is 0 Å². The molecule has 0 aromatic heterocycles. The summed E-state index contributed by atoms with van der Waals surface area (Å²) in [6, 6.07) is 15.2. The number of hydrogen-bond acceptors (Lipinski definition) is 2. The molecule has 1 fully saturated rings. The molecule has 1 saturated heterocycles. The second-order valence-corrected chi connectivity index (χ2v) is 5.93. The van der Waals surface area contributed by atoms with Crippen molar-refractivity contribution in [2.75, 3.05) is 13.1 Å². The zero-order valence-electron chi connectivity index (χ0n) is 13.1. The first-order valence-corrected chi connectivity index (χ1v) is 7.65. The highest BCUT2D eigenvalue weighted by molar-refractivity contribution is 5.86. The largest absolute Gasteiger partial charge is 0.337 e. The van der Waals surface area contributed by atoms with E-state index in [1.165, 1.54) is 10.8 Å². The van der Waals surface area contributed by atoms with E-state index in [4.69, 9.17) is 0 Å². The van der Waals surface area contributed by atoms with Crippen LogP contribution in [-0.2, 0) is 11.2 Å². The SMILES string of the molecule is CC1NCCN(C(=O)Cc2ccc3ccccc3c2)C1C.Cl. The number of amides is 1. The van der Waals surface area contributed by atoms with Gasteiger partial charge in [0.25, 0.3) is 0 Å². The van der Waals surface area contributed by atoms with E-state index in [-0.39, 0.29) is 24.4 Å². The Labute approximate surface area is 138 Å². The Morgan fingerprint density at radius 3 is 2.68 bits per heavy atom. The topological polar surface area (TPSA) is 32.3 Å². The zero-order valence-corrected chi connectivity index (χ0v) is 13.9. The maximum absolute atomic E-state index is 12.6. The number of carbonyl (C=O) groups is 1. The molecule has 4 heteroatoms. The van der Waals surface area contributed by atoms with Crippen molar-refractivity contribution in [2.24, 2.45) is 0 Å². The standard InChI is InChI=1S/C18H22N2O.ClH/c1-13-14(2)20(10-9-19-13)18(21)12-15-7-8-16-5-3-4-6-17(16)11-15;/h3-8,11,13-14,19H,9-10,12H2,1-2H3;1H. The molecule has 2 atom stereocenters. The summed E-state index contributed by atoms with van der Waals surface area (Å²) in [5.74, 6) is 0.228. The van der Waals surface area contributed by atoms with Crippen LogP contribution in [0.3, 0.4) is 0 Å². The lowest BCUT2D eigenvalue weighted by atomic mass is 10.0. The van der Waals surface area contributed by atoms with Gasteiger partial charge in [0, 0.05) is 25.2 Å². The first-order valence-electron chi connectivity index (χ1n) is 7.65. The second-order valence-electron chi connectivity index (χ2n) is 5.93. The van der Waals surface area contributed by atoms with Gasteiger partial charge >= 0.3 is 0 Å². The van der Waals surface area contributed by atoms with Crippen molar-refractivity contribution in [1.29, 1.82) is 0 Å². The first-order chi connectivity index (χ1) is 10.1. The monoisotopic (exact) mass is 318 g/mol. The third-order valence-electron chi connectivity index (χ3n) is 4.52. The summed E-state index contributed by atoms with van der Waals surface area (Å²) in [6.07, 6.45) is 0.488. The molecule has 118 valence electrons. The highest BCUT2D eigenvalue weighted by Crippen LogP contribution is 2.17. The fourth-order valence-corrected chi connectivity index (χ4v) is 3.03. The van der Waals surface area contributed by atoms with Gasteiger partial charge in [-0.2, -0.15) is 0 Å². The number of fused-ring (bicyclic) bond motifs is 1. The van der Waals surface area contributed by atoms with Crippen molar-refractivity contribution < 1.29 is 4.79 Å². The highest BCUT2D eigenvalue weighted by Gasteiger charge is 2.27. The van der Waals surface area contributed by atoms with Crippen LogP contribution in [0.25, 0.3) is 10.8 Å². The molecule has 3 rings (SSSR count). The quantitative estimate of drug-likeness (QED) is 0.923. The maximum atomic E-state index is 12.6. The number of hydrogen-bond donors (Lipinski definition) is 1. The number of piperazine rings is 1. The number of benzene rings is 2. The first kappa shape index (κ1) is 16.8. The average Bonchev–Trinajstić information content (AvgIpc) is 2.50. The molecule has 0 saturated carbocycles. The number of halogens is 1. The van der Waals surface area contributed by atoms with Crippen molar-refractivity contribution >= 4 is 29.1 Å². The van der Waals surface area contributed by atoms with Gasteiger partial charge in [-0.05, 0) is 30.2 Å². The van der Waals surface area contributed by atoms with E-state index in [1.54, 1.807) is 0 Å². The summed E-state index contributed by atoms with van der Waals surface area (Å²) in [4.78, 5) is 14.6. The molecular formula is C18H23ClN2O. The van der Waals surface area contributed by atoms with E-state index in [0.29, 0.717) is 12.5 Å². The Kier molecular flexibility index (Phi) is 5.43. The fourth-order valence-electron chi connectivity index (χ4n) is 3.03. The molecule has 0 radical (unpaired) electrons. The molecule has 2 aromatic rings. The molecule has 0 bridgehead atoms. The normalized spacial score (nSPS) is 21.5. The molecule has 1 aliphatic rings. The fraction of sp³-hybridized carbons (Fsp3) is 0.389. The van der Waals surface area contributed by atoms with Crippen molar-refractivity contribution in [1.82, 2.24) is 10.2 Å². The minimum absolute atomic E-state index is 0. The Balaban J connectivity index is 0.00000176. The number of carbonyl (C=O) groups excluding carboxylic acids is 1. The number of nitrogens with one attached hydrogen (secondary N) is 1. The van der Waals surface area contributed by atoms with Gasteiger partial charge in [0.05, 0.1) is 6.42 Å². The summed E-state index contributed by atoms with van der Waals surface area (Å²) in [5, 5.41) is 5.83. The van der Waals surface area contributed by atoms with Crippen LogP contribution in [0.2, 0.25) is 0 Å². The Morgan fingerprint density at radius 2 is 1.91 bits per heavy atom. The lowest BCUT2D eigenvalue weighted by Crippen LogP contribution is -2.57. The minimum atomic E-state index is 0. The molecule has 2 unspecified atom stereocenters. The number of nitrogens with zero attached hydrogens (tertiary/aromatic N) is 1. The average molecular weight is 319 g/mol. The van der Waals surface area contributed by atoms with E-state index in [9.17, 15) is 4.79 Å². The van der Waals surface area contributed by atoms with Crippen molar-refractivity contribution in [3.63, 3.8) is 0 Å².